The molecule has 1 aliphatic rings. The fraction of sp³-hybridized carbons (Fsp3) is 0.909. The molecule has 4 heteroatoms. The van der Waals surface area contributed by atoms with E-state index in [1.54, 1.807) is 0 Å². The van der Waals surface area contributed by atoms with Crippen molar-refractivity contribution in [2.75, 3.05) is 13.2 Å². The molecule has 2 unspecified atom stereocenters. The van der Waals surface area contributed by atoms with Gasteiger partial charge >= 0.3 is 0 Å². The van der Waals surface area contributed by atoms with Gasteiger partial charge in [0.25, 0.3) is 0 Å². The highest BCUT2D eigenvalue weighted by atomic mass is 16.5. The third-order valence-electron chi connectivity index (χ3n) is 2.79. The van der Waals surface area contributed by atoms with Crippen LogP contribution < -0.4 is 11.1 Å². The Morgan fingerprint density at radius 2 is 2.20 bits per heavy atom. The van der Waals surface area contributed by atoms with Gasteiger partial charge in [0, 0.05) is 19.0 Å². The van der Waals surface area contributed by atoms with Crippen LogP contribution in [0.1, 0.15) is 39.0 Å². The summed E-state index contributed by atoms with van der Waals surface area (Å²) in [5.74, 6) is 0.0573. The van der Waals surface area contributed by atoms with Crippen LogP contribution in [0, 0.1) is 0 Å². The molecule has 0 spiro atoms. The molecule has 88 valence electrons. The van der Waals surface area contributed by atoms with E-state index in [9.17, 15) is 4.79 Å². The van der Waals surface area contributed by atoms with Crippen LogP contribution in [-0.4, -0.2) is 31.2 Å². The third-order valence-corrected chi connectivity index (χ3v) is 2.79. The molecule has 0 aromatic rings. The molecule has 0 aromatic carbocycles. The first-order chi connectivity index (χ1) is 7.24. The standard InChI is InChI=1S/C11H22N2O2/c1-2-13-11(14)7-8-15-10-6-4-3-5-9(10)12/h9-10H,2-8,12H2,1H3,(H,13,14). The zero-order chi connectivity index (χ0) is 11.1. The molecule has 0 radical (unpaired) electrons. The van der Waals surface area contributed by atoms with Crippen molar-refractivity contribution in [1.82, 2.24) is 5.32 Å². The van der Waals surface area contributed by atoms with Gasteiger partial charge in [-0.3, -0.25) is 4.79 Å². The number of rotatable bonds is 5. The summed E-state index contributed by atoms with van der Waals surface area (Å²) in [4.78, 5) is 11.1. The van der Waals surface area contributed by atoms with Crippen molar-refractivity contribution >= 4 is 5.91 Å². The highest BCUT2D eigenvalue weighted by Crippen LogP contribution is 2.19. The Bertz CT molecular complexity index is 197. The Morgan fingerprint density at radius 1 is 1.47 bits per heavy atom. The summed E-state index contributed by atoms with van der Waals surface area (Å²) in [6.45, 7) is 3.09. The fourth-order valence-electron chi connectivity index (χ4n) is 1.92. The summed E-state index contributed by atoms with van der Waals surface area (Å²) < 4.78 is 5.63. The van der Waals surface area contributed by atoms with Gasteiger partial charge in [-0.15, -0.1) is 0 Å². The lowest BCUT2D eigenvalue weighted by molar-refractivity contribution is -0.122. The SMILES string of the molecule is CCNC(=O)CCOC1CCCCC1N. The van der Waals surface area contributed by atoms with Gasteiger partial charge in [0.2, 0.25) is 5.91 Å². The number of ether oxygens (including phenoxy) is 1. The molecule has 3 N–H and O–H groups in total. The second-order valence-corrected chi connectivity index (χ2v) is 4.06. The largest absolute Gasteiger partial charge is 0.376 e. The molecule has 2 atom stereocenters. The van der Waals surface area contributed by atoms with Crippen LogP contribution in [0.3, 0.4) is 0 Å². The molecule has 1 saturated carbocycles. The van der Waals surface area contributed by atoms with Crippen LogP contribution in [0.4, 0.5) is 0 Å². The number of hydrogen-bond acceptors (Lipinski definition) is 3. The van der Waals surface area contributed by atoms with Gasteiger partial charge in [-0.1, -0.05) is 12.8 Å². The zero-order valence-corrected chi connectivity index (χ0v) is 9.50. The summed E-state index contributed by atoms with van der Waals surface area (Å²) in [7, 11) is 0. The number of nitrogens with one attached hydrogen (secondary N) is 1. The van der Waals surface area contributed by atoms with Gasteiger partial charge in [0.15, 0.2) is 0 Å². The summed E-state index contributed by atoms with van der Waals surface area (Å²) in [6.07, 6.45) is 5.09. The van der Waals surface area contributed by atoms with E-state index in [4.69, 9.17) is 10.5 Å². The Kier molecular flexibility index (Phi) is 5.65. The van der Waals surface area contributed by atoms with Crippen LogP contribution in [0.2, 0.25) is 0 Å². The van der Waals surface area contributed by atoms with Crippen molar-refractivity contribution in [2.45, 2.75) is 51.2 Å². The highest BCUT2D eigenvalue weighted by Gasteiger charge is 2.22. The van der Waals surface area contributed by atoms with Gasteiger partial charge < -0.3 is 15.8 Å². The first-order valence-corrected chi connectivity index (χ1v) is 5.88. The Balaban J connectivity index is 2.10. The molecule has 0 saturated heterocycles. The van der Waals surface area contributed by atoms with Crippen LogP contribution in [0.15, 0.2) is 0 Å². The lowest BCUT2D eigenvalue weighted by atomic mass is 9.93. The third kappa shape index (κ3) is 4.62. The smallest absolute Gasteiger partial charge is 0.222 e. The lowest BCUT2D eigenvalue weighted by Gasteiger charge is -2.28. The van der Waals surface area contributed by atoms with E-state index in [-0.39, 0.29) is 18.1 Å². The van der Waals surface area contributed by atoms with Gasteiger partial charge in [-0.2, -0.15) is 0 Å². The monoisotopic (exact) mass is 214 g/mol. The van der Waals surface area contributed by atoms with E-state index in [0.717, 1.165) is 12.8 Å². The summed E-state index contributed by atoms with van der Waals surface area (Å²) >= 11 is 0. The molecule has 1 amide bonds. The average Bonchev–Trinajstić information content (AvgIpc) is 2.21. The highest BCUT2D eigenvalue weighted by molar-refractivity contribution is 5.75. The predicted molar refractivity (Wildman–Crippen MR) is 59.5 cm³/mol. The van der Waals surface area contributed by atoms with Crippen molar-refractivity contribution < 1.29 is 9.53 Å². The molecule has 4 nitrogen and oxygen atoms in total. The maximum Gasteiger partial charge on any atom is 0.222 e. The molecule has 1 fully saturated rings. The average molecular weight is 214 g/mol. The quantitative estimate of drug-likeness (QED) is 0.711. The lowest BCUT2D eigenvalue weighted by Crippen LogP contribution is -2.40. The second-order valence-electron chi connectivity index (χ2n) is 4.06. The molecular weight excluding hydrogens is 192 g/mol. The van der Waals surface area contributed by atoms with Crippen molar-refractivity contribution in [3.8, 4) is 0 Å². The predicted octanol–water partition coefficient (Wildman–Crippen LogP) is 0.799. The fourth-order valence-corrected chi connectivity index (χ4v) is 1.92. The molecule has 0 aliphatic heterocycles. The number of amides is 1. The van der Waals surface area contributed by atoms with Gasteiger partial charge in [-0.25, -0.2) is 0 Å². The Labute approximate surface area is 91.5 Å². The number of nitrogens with two attached hydrogens (primary N) is 1. The maximum absolute atomic E-state index is 11.1. The molecule has 0 heterocycles. The molecule has 0 bridgehead atoms. The van der Waals surface area contributed by atoms with Crippen LogP contribution >= 0.6 is 0 Å². The van der Waals surface area contributed by atoms with E-state index in [0.29, 0.717) is 19.6 Å². The number of carbonyl (C=O) groups excluding carboxylic acids is 1. The minimum Gasteiger partial charge on any atom is -0.376 e. The molecular formula is C11H22N2O2. The summed E-state index contributed by atoms with van der Waals surface area (Å²) in [5, 5.41) is 2.74. The molecule has 1 aliphatic carbocycles. The summed E-state index contributed by atoms with van der Waals surface area (Å²) in [5.41, 5.74) is 5.93. The Hall–Kier alpha value is -0.610. The first-order valence-electron chi connectivity index (χ1n) is 5.88. The van der Waals surface area contributed by atoms with Crippen molar-refractivity contribution in [3.05, 3.63) is 0 Å². The Morgan fingerprint density at radius 3 is 2.87 bits per heavy atom. The van der Waals surface area contributed by atoms with Crippen molar-refractivity contribution in [2.24, 2.45) is 5.73 Å². The zero-order valence-electron chi connectivity index (χ0n) is 9.50. The van der Waals surface area contributed by atoms with Crippen LogP contribution in [0.5, 0.6) is 0 Å². The number of hydrogen-bond donors (Lipinski definition) is 2. The van der Waals surface area contributed by atoms with E-state index >= 15 is 0 Å². The minimum atomic E-state index is 0.0573. The molecule has 15 heavy (non-hydrogen) atoms. The van der Waals surface area contributed by atoms with Crippen molar-refractivity contribution in [1.29, 1.82) is 0 Å². The minimum absolute atomic E-state index is 0.0573. The molecule has 1 rings (SSSR count). The second kappa shape index (κ2) is 6.80. The van der Waals surface area contributed by atoms with Gasteiger partial charge in [0.1, 0.15) is 0 Å². The molecule has 0 aromatic heterocycles. The van der Waals surface area contributed by atoms with E-state index in [1.807, 2.05) is 6.92 Å². The maximum atomic E-state index is 11.1. The van der Waals surface area contributed by atoms with Crippen LogP contribution in [-0.2, 0) is 9.53 Å². The van der Waals surface area contributed by atoms with Crippen molar-refractivity contribution in [3.63, 3.8) is 0 Å². The topological polar surface area (TPSA) is 64.3 Å². The summed E-state index contributed by atoms with van der Waals surface area (Å²) in [6, 6.07) is 0.160. The van der Waals surface area contributed by atoms with E-state index < -0.39 is 0 Å². The normalized spacial score (nSPS) is 26.3. The van der Waals surface area contributed by atoms with Gasteiger partial charge in [-0.05, 0) is 19.8 Å². The van der Waals surface area contributed by atoms with Gasteiger partial charge in [0.05, 0.1) is 12.7 Å². The van der Waals surface area contributed by atoms with E-state index in [2.05, 4.69) is 5.32 Å². The first kappa shape index (κ1) is 12.5. The van der Waals surface area contributed by atoms with Crippen LogP contribution in [0.25, 0.3) is 0 Å². The van der Waals surface area contributed by atoms with E-state index in [1.165, 1.54) is 12.8 Å². The number of carbonyl (C=O) groups is 1.